The van der Waals surface area contributed by atoms with Gasteiger partial charge in [0.1, 0.15) is 0 Å². The zero-order valence-corrected chi connectivity index (χ0v) is 17.0. The van der Waals surface area contributed by atoms with Gasteiger partial charge in [0.25, 0.3) is 0 Å². The molecule has 1 aliphatic rings. The largest absolute Gasteiger partial charge is 0.414 e. The molecule has 3 rings (SSSR count). The minimum absolute atomic E-state index is 0.286. The van der Waals surface area contributed by atoms with E-state index in [-0.39, 0.29) is 5.04 Å². The molecule has 1 saturated heterocycles. The molecule has 4 nitrogen and oxygen atoms in total. The second kappa shape index (κ2) is 6.19. The van der Waals surface area contributed by atoms with Crippen molar-refractivity contribution in [2.45, 2.75) is 57.8 Å². The van der Waals surface area contributed by atoms with Gasteiger partial charge >= 0.3 is 0 Å². The maximum Gasteiger partial charge on any atom is 0.192 e. The van der Waals surface area contributed by atoms with Crippen molar-refractivity contribution in [1.82, 2.24) is 9.78 Å². The van der Waals surface area contributed by atoms with E-state index in [2.05, 4.69) is 62.1 Å². The predicted molar refractivity (Wildman–Crippen MR) is 104 cm³/mol. The number of nitrogens with zero attached hydrogens (tertiary/aromatic N) is 3. The summed E-state index contributed by atoms with van der Waals surface area (Å²) < 4.78 is 8.55. The Balaban J connectivity index is 1.65. The van der Waals surface area contributed by atoms with Gasteiger partial charge in [-0.1, -0.05) is 20.8 Å². The summed E-state index contributed by atoms with van der Waals surface area (Å²) in [5.41, 5.74) is 2.50. The molecule has 0 N–H and O–H groups in total. The Morgan fingerprint density at radius 2 is 1.83 bits per heavy atom. The van der Waals surface area contributed by atoms with Crippen LogP contribution in [-0.4, -0.2) is 37.3 Å². The van der Waals surface area contributed by atoms with Gasteiger partial charge in [-0.2, -0.15) is 5.10 Å². The third-order valence-corrected chi connectivity index (χ3v) is 10.3. The average molecular weight is 346 g/mol. The summed E-state index contributed by atoms with van der Waals surface area (Å²) in [6.45, 7) is 13.8. The molecule has 0 radical (unpaired) electrons. The van der Waals surface area contributed by atoms with E-state index in [4.69, 9.17) is 4.43 Å². The van der Waals surface area contributed by atoms with E-state index in [1.54, 1.807) is 0 Å². The third kappa shape index (κ3) is 3.38. The van der Waals surface area contributed by atoms with E-state index in [1.165, 1.54) is 16.6 Å². The summed E-state index contributed by atoms with van der Waals surface area (Å²) in [6, 6.07) is 6.66. The van der Waals surface area contributed by atoms with Gasteiger partial charge in [0.05, 0.1) is 11.7 Å². The lowest BCUT2D eigenvalue weighted by Gasteiger charge is -2.42. The summed E-state index contributed by atoms with van der Waals surface area (Å²) in [5.74, 6) is 0. The van der Waals surface area contributed by atoms with Crippen molar-refractivity contribution in [3.8, 4) is 0 Å². The van der Waals surface area contributed by atoms with Crippen LogP contribution in [0.1, 0.15) is 33.6 Å². The molecule has 0 spiro atoms. The summed E-state index contributed by atoms with van der Waals surface area (Å²) >= 11 is 0. The first-order valence-corrected chi connectivity index (χ1v) is 11.9. The van der Waals surface area contributed by atoms with Gasteiger partial charge in [-0.25, -0.2) is 0 Å². The first-order chi connectivity index (χ1) is 11.2. The molecule has 24 heavy (non-hydrogen) atoms. The van der Waals surface area contributed by atoms with E-state index in [0.717, 1.165) is 25.9 Å². The number of rotatable bonds is 3. The lowest BCUT2D eigenvalue weighted by Crippen LogP contribution is -2.47. The van der Waals surface area contributed by atoms with Crippen LogP contribution in [0.3, 0.4) is 0 Å². The van der Waals surface area contributed by atoms with Crippen molar-refractivity contribution in [2.75, 3.05) is 18.0 Å². The van der Waals surface area contributed by atoms with Crippen molar-refractivity contribution >= 4 is 24.9 Å². The summed E-state index contributed by atoms with van der Waals surface area (Å²) in [4.78, 5) is 2.48. The van der Waals surface area contributed by atoms with Gasteiger partial charge in [-0.15, -0.1) is 0 Å². The van der Waals surface area contributed by atoms with E-state index in [1.807, 2.05) is 17.9 Å². The highest BCUT2D eigenvalue weighted by molar-refractivity contribution is 6.74. The SMILES string of the molecule is Cn1ncc2ccc(N3CCC(O[Si](C)(C)C(C)(C)C)CC3)cc21. The minimum Gasteiger partial charge on any atom is -0.414 e. The van der Waals surface area contributed by atoms with Gasteiger partial charge in [0.15, 0.2) is 8.32 Å². The Morgan fingerprint density at radius 3 is 2.46 bits per heavy atom. The first kappa shape index (κ1) is 17.5. The first-order valence-electron chi connectivity index (χ1n) is 9.02. The van der Waals surface area contributed by atoms with Crippen LogP contribution >= 0.6 is 0 Å². The molecule has 0 saturated carbocycles. The minimum atomic E-state index is -1.66. The quantitative estimate of drug-likeness (QED) is 0.764. The zero-order valence-electron chi connectivity index (χ0n) is 16.0. The topological polar surface area (TPSA) is 30.3 Å². The fraction of sp³-hybridized carbons (Fsp3) is 0.632. The van der Waals surface area contributed by atoms with Crippen LogP contribution in [0.4, 0.5) is 5.69 Å². The molecule has 0 aliphatic carbocycles. The van der Waals surface area contributed by atoms with E-state index in [0.29, 0.717) is 6.10 Å². The van der Waals surface area contributed by atoms with Crippen molar-refractivity contribution in [3.05, 3.63) is 24.4 Å². The molecule has 2 heterocycles. The Hall–Kier alpha value is -1.33. The fourth-order valence-electron chi connectivity index (χ4n) is 3.15. The van der Waals surface area contributed by atoms with Gasteiger partial charge in [-0.05, 0) is 49.2 Å². The number of aromatic nitrogens is 2. The van der Waals surface area contributed by atoms with Crippen LogP contribution in [0.15, 0.2) is 24.4 Å². The smallest absolute Gasteiger partial charge is 0.192 e. The molecular weight excluding hydrogens is 314 g/mol. The van der Waals surface area contributed by atoms with Gasteiger partial charge in [0.2, 0.25) is 0 Å². The summed E-state index contributed by atoms with van der Waals surface area (Å²) in [6.07, 6.45) is 4.59. The van der Waals surface area contributed by atoms with Crippen LogP contribution < -0.4 is 4.90 Å². The third-order valence-electron chi connectivity index (χ3n) is 5.81. The van der Waals surface area contributed by atoms with Crippen molar-refractivity contribution in [1.29, 1.82) is 0 Å². The molecule has 1 aromatic heterocycles. The van der Waals surface area contributed by atoms with Gasteiger partial charge < -0.3 is 9.33 Å². The number of anilines is 1. The van der Waals surface area contributed by atoms with Gasteiger partial charge in [0, 0.05) is 37.3 Å². The van der Waals surface area contributed by atoms with Gasteiger partial charge in [-0.3, -0.25) is 4.68 Å². The molecule has 0 unspecified atom stereocenters. The zero-order chi connectivity index (χ0) is 17.5. The number of aryl methyl sites for hydroxylation is 1. The molecule has 2 aromatic rings. The van der Waals surface area contributed by atoms with Crippen molar-refractivity contribution in [3.63, 3.8) is 0 Å². The molecule has 132 valence electrons. The highest BCUT2D eigenvalue weighted by atomic mass is 28.4. The fourth-order valence-corrected chi connectivity index (χ4v) is 4.58. The standard InChI is InChI=1S/C19H31N3OSi/c1-19(2,3)24(5,6)23-17-9-11-22(12-10-17)16-8-7-15-14-20-21(4)18(15)13-16/h7-8,13-14,17H,9-12H2,1-6H3. The summed E-state index contributed by atoms with van der Waals surface area (Å²) in [5, 5.41) is 5.83. The van der Waals surface area contributed by atoms with Crippen LogP contribution in [0.2, 0.25) is 18.1 Å². The van der Waals surface area contributed by atoms with E-state index in [9.17, 15) is 0 Å². The van der Waals surface area contributed by atoms with E-state index >= 15 is 0 Å². The number of hydrogen-bond acceptors (Lipinski definition) is 3. The van der Waals surface area contributed by atoms with Crippen LogP contribution in [0.5, 0.6) is 0 Å². The Bertz CT molecular complexity index is 709. The highest BCUT2D eigenvalue weighted by Gasteiger charge is 2.39. The molecule has 1 fully saturated rings. The second-order valence-corrected chi connectivity index (χ2v) is 13.3. The Morgan fingerprint density at radius 1 is 1.17 bits per heavy atom. The molecular formula is C19H31N3OSi. The molecule has 1 aliphatic heterocycles. The summed E-state index contributed by atoms with van der Waals surface area (Å²) in [7, 11) is 0.347. The lowest BCUT2D eigenvalue weighted by molar-refractivity contribution is 0.152. The lowest BCUT2D eigenvalue weighted by atomic mass is 10.1. The van der Waals surface area contributed by atoms with E-state index < -0.39 is 8.32 Å². The highest BCUT2D eigenvalue weighted by Crippen LogP contribution is 2.38. The maximum absolute atomic E-state index is 6.60. The maximum atomic E-state index is 6.60. The van der Waals surface area contributed by atoms with Crippen LogP contribution in [-0.2, 0) is 11.5 Å². The molecule has 1 aromatic carbocycles. The van der Waals surface area contributed by atoms with Crippen molar-refractivity contribution < 1.29 is 4.43 Å². The molecule has 5 heteroatoms. The van der Waals surface area contributed by atoms with Crippen molar-refractivity contribution in [2.24, 2.45) is 7.05 Å². The molecule has 0 amide bonds. The predicted octanol–water partition coefficient (Wildman–Crippen LogP) is 4.56. The van der Waals surface area contributed by atoms with Crippen LogP contribution in [0.25, 0.3) is 10.9 Å². The number of benzene rings is 1. The molecule has 0 bridgehead atoms. The number of piperidine rings is 1. The molecule has 0 atom stereocenters. The monoisotopic (exact) mass is 345 g/mol. The number of fused-ring (bicyclic) bond motifs is 1. The Kier molecular flexibility index (Phi) is 4.51. The number of hydrogen-bond donors (Lipinski definition) is 0. The average Bonchev–Trinajstić information content (AvgIpc) is 2.87. The van der Waals surface area contributed by atoms with Crippen LogP contribution in [0, 0.1) is 0 Å². The second-order valence-electron chi connectivity index (χ2n) is 8.58. The Labute approximate surface area is 146 Å². The normalized spacial score (nSPS) is 17.7.